The average molecular weight is 309 g/mol. The zero-order valence-corrected chi connectivity index (χ0v) is 12.2. The Bertz CT molecular complexity index is 590. The maximum absolute atomic E-state index is 5.33. The van der Waals surface area contributed by atoms with Gasteiger partial charge in [0.1, 0.15) is 0 Å². The molecular weight excluding hydrogens is 294 g/mol. The van der Waals surface area contributed by atoms with Crippen LogP contribution in [-0.4, -0.2) is 42.3 Å². The predicted molar refractivity (Wildman–Crippen MR) is 73.6 cm³/mol. The van der Waals surface area contributed by atoms with E-state index in [2.05, 4.69) is 35.9 Å². The van der Waals surface area contributed by atoms with E-state index in [-0.39, 0.29) is 12.0 Å². The Morgan fingerprint density at radius 1 is 1.29 bits per heavy atom. The van der Waals surface area contributed by atoms with Gasteiger partial charge < -0.3 is 4.74 Å². The van der Waals surface area contributed by atoms with Gasteiger partial charge in [-0.1, -0.05) is 12.8 Å². The Hall–Kier alpha value is -2.01. The molecule has 1 aliphatic rings. The van der Waals surface area contributed by atoms with Gasteiger partial charge in [-0.25, -0.2) is 10.5 Å². The number of hydrogen-bond donors (Lipinski definition) is 2. The van der Waals surface area contributed by atoms with Crippen molar-refractivity contribution in [2.24, 2.45) is 5.84 Å². The van der Waals surface area contributed by atoms with Crippen LogP contribution in [-0.2, 0) is 0 Å². The first-order valence-corrected chi connectivity index (χ1v) is 7.34. The fourth-order valence-corrected chi connectivity index (χ4v) is 3.03. The number of nitrogens with zero attached hydrogens (tertiary/aromatic N) is 7. The summed E-state index contributed by atoms with van der Waals surface area (Å²) in [6.07, 6.45) is 4.59. The monoisotopic (exact) mass is 309 g/mol. The molecule has 1 fully saturated rings. The smallest absolute Gasteiger partial charge is 0.322 e. The Labute approximate surface area is 124 Å². The number of rotatable bonds is 5. The molecule has 2 heterocycles. The van der Waals surface area contributed by atoms with Crippen LogP contribution in [0.1, 0.15) is 31.7 Å². The molecule has 0 amide bonds. The van der Waals surface area contributed by atoms with Crippen LogP contribution >= 0.6 is 11.8 Å². The number of nitrogens with one attached hydrogen (secondary N) is 1. The second-order valence-corrected chi connectivity index (χ2v) is 5.45. The van der Waals surface area contributed by atoms with Gasteiger partial charge in [-0.3, -0.25) is 5.43 Å². The summed E-state index contributed by atoms with van der Waals surface area (Å²) in [5.74, 6) is 5.56. The molecule has 10 nitrogen and oxygen atoms in total. The van der Waals surface area contributed by atoms with Crippen LogP contribution in [0.3, 0.4) is 0 Å². The Balaban J connectivity index is 1.85. The number of hydrogen-bond acceptors (Lipinski definition) is 10. The van der Waals surface area contributed by atoms with Crippen molar-refractivity contribution in [3.8, 4) is 6.01 Å². The molecule has 0 spiro atoms. The lowest BCUT2D eigenvalue weighted by atomic mass is 10.3. The second-order valence-electron chi connectivity index (χ2n) is 4.52. The summed E-state index contributed by atoms with van der Waals surface area (Å²) < 4.78 is 6.85. The van der Waals surface area contributed by atoms with Crippen molar-refractivity contribution in [2.75, 3.05) is 12.5 Å². The van der Waals surface area contributed by atoms with Crippen molar-refractivity contribution in [1.82, 2.24) is 35.2 Å². The molecule has 3 rings (SSSR count). The van der Waals surface area contributed by atoms with Crippen LogP contribution in [0.4, 0.5) is 5.95 Å². The summed E-state index contributed by atoms with van der Waals surface area (Å²) in [5.41, 5.74) is 2.38. The fraction of sp³-hybridized carbons (Fsp3) is 0.600. The van der Waals surface area contributed by atoms with Crippen LogP contribution in [0.15, 0.2) is 10.3 Å². The number of tetrazole rings is 1. The standard InChI is InChI=1S/C10H15N9OS/c1-20-8-12-7(15-11)13-9(14-8)21-10-16-17-18-19(10)6-4-2-3-5-6/h6H,2-5,11H2,1H3,(H,12,13,14,15). The van der Waals surface area contributed by atoms with E-state index in [0.29, 0.717) is 16.4 Å². The number of ether oxygens (including phenoxy) is 1. The molecule has 3 N–H and O–H groups in total. The maximum Gasteiger partial charge on any atom is 0.322 e. The minimum absolute atomic E-state index is 0.181. The molecule has 0 aliphatic heterocycles. The molecule has 112 valence electrons. The highest BCUT2D eigenvalue weighted by molar-refractivity contribution is 7.99. The fourth-order valence-electron chi connectivity index (χ4n) is 2.25. The first kappa shape index (κ1) is 13.9. The summed E-state index contributed by atoms with van der Waals surface area (Å²) in [7, 11) is 1.48. The van der Waals surface area contributed by atoms with E-state index in [1.54, 1.807) is 0 Å². The van der Waals surface area contributed by atoms with Crippen LogP contribution in [0, 0.1) is 0 Å². The second kappa shape index (κ2) is 6.18. The van der Waals surface area contributed by atoms with Gasteiger partial charge in [0.2, 0.25) is 16.3 Å². The first-order chi connectivity index (χ1) is 10.3. The molecule has 0 unspecified atom stereocenters. The Morgan fingerprint density at radius 3 is 2.81 bits per heavy atom. The van der Waals surface area contributed by atoms with E-state index in [1.807, 2.05) is 4.68 Å². The molecule has 0 atom stereocenters. The molecule has 2 aromatic rings. The van der Waals surface area contributed by atoms with Crippen LogP contribution < -0.4 is 16.0 Å². The highest BCUT2D eigenvalue weighted by Gasteiger charge is 2.22. The van der Waals surface area contributed by atoms with Gasteiger partial charge in [0.25, 0.3) is 0 Å². The molecule has 0 bridgehead atoms. The van der Waals surface area contributed by atoms with Crippen LogP contribution in [0.2, 0.25) is 0 Å². The normalized spacial score (nSPS) is 15.3. The van der Waals surface area contributed by atoms with E-state index in [4.69, 9.17) is 10.6 Å². The lowest BCUT2D eigenvalue weighted by molar-refractivity contribution is 0.373. The van der Waals surface area contributed by atoms with E-state index < -0.39 is 0 Å². The van der Waals surface area contributed by atoms with Crippen molar-refractivity contribution in [2.45, 2.75) is 42.0 Å². The van der Waals surface area contributed by atoms with Gasteiger partial charge in [0, 0.05) is 0 Å². The number of anilines is 1. The van der Waals surface area contributed by atoms with Gasteiger partial charge in [-0.15, -0.1) is 5.10 Å². The van der Waals surface area contributed by atoms with E-state index in [0.717, 1.165) is 12.8 Å². The number of aromatic nitrogens is 7. The van der Waals surface area contributed by atoms with Crippen molar-refractivity contribution < 1.29 is 4.74 Å². The summed E-state index contributed by atoms with van der Waals surface area (Å²) in [6, 6.07) is 0.527. The number of nitrogen functional groups attached to an aromatic ring is 1. The average Bonchev–Trinajstić information content (AvgIpc) is 3.17. The highest BCUT2D eigenvalue weighted by Crippen LogP contribution is 2.33. The minimum atomic E-state index is 0.181. The number of methoxy groups -OCH3 is 1. The quantitative estimate of drug-likeness (QED) is 0.591. The molecular formula is C10H15N9OS. The third kappa shape index (κ3) is 3.03. The van der Waals surface area contributed by atoms with Gasteiger partial charge in [-0.05, 0) is 35.0 Å². The molecule has 0 radical (unpaired) electrons. The molecule has 0 saturated heterocycles. The van der Waals surface area contributed by atoms with Gasteiger partial charge >= 0.3 is 6.01 Å². The Morgan fingerprint density at radius 2 is 2.10 bits per heavy atom. The lowest BCUT2D eigenvalue weighted by Crippen LogP contribution is -2.12. The van der Waals surface area contributed by atoms with Crippen molar-refractivity contribution in [3.05, 3.63) is 0 Å². The van der Waals surface area contributed by atoms with E-state index in [9.17, 15) is 0 Å². The van der Waals surface area contributed by atoms with E-state index in [1.165, 1.54) is 31.7 Å². The Kier molecular flexibility index (Phi) is 4.10. The highest BCUT2D eigenvalue weighted by atomic mass is 32.2. The van der Waals surface area contributed by atoms with Crippen molar-refractivity contribution in [3.63, 3.8) is 0 Å². The van der Waals surface area contributed by atoms with Crippen LogP contribution in [0.5, 0.6) is 6.01 Å². The molecule has 0 aromatic carbocycles. The van der Waals surface area contributed by atoms with Crippen LogP contribution in [0.25, 0.3) is 0 Å². The third-order valence-corrected chi connectivity index (χ3v) is 4.04. The summed E-state index contributed by atoms with van der Waals surface area (Å²) in [4.78, 5) is 12.3. The molecule has 21 heavy (non-hydrogen) atoms. The zero-order valence-electron chi connectivity index (χ0n) is 11.4. The van der Waals surface area contributed by atoms with Crippen molar-refractivity contribution in [1.29, 1.82) is 0 Å². The first-order valence-electron chi connectivity index (χ1n) is 6.52. The molecule has 2 aromatic heterocycles. The SMILES string of the molecule is COc1nc(NN)nc(Sc2nnnn2C2CCCC2)n1. The van der Waals surface area contributed by atoms with Gasteiger partial charge in [0.15, 0.2) is 0 Å². The summed E-state index contributed by atoms with van der Waals surface area (Å²) >= 11 is 1.26. The minimum Gasteiger partial charge on any atom is -0.467 e. The van der Waals surface area contributed by atoms with Gasteiger partial charge in [-0.2, -0.15) is 15.0 Å². The molecule has 1 aliphatic carbocycles. The van der Waals surface area contributed by atoms with E-state index >= 15 is 0 Å². The number of hydrazine groups is 1. The maximum atomic E-state index is 5.33. The number of nitrogens with two attached hydrogens (primary N) is 1. The van der Waals surface area contributed by atoms with Crippen molar-refractivity contribution >= 4 is 17.7 Å². The molecule has 1 saturated carbocycles. The lowest BCUT2D eigenvalue weighted by Gasteiger charge is -2.10. The molecule has 11 heteroatoms. The largest absolute Gasteiger partial charge is 0.467 e. The van der Waals surface area contributed by atoms with Gasteiger partial charge in [0.05, 0.1) is 13.2 Å². The zero-order chi connectivity index (χ0) is 14.7. The third-order valence-electron chi connectivity index (χ3n) is 3.22. The predicted octanol–water partition coefficient (Wildman–Crippen LogP) is 0.419. The summed E-state index contributed by atoms with van der Waals surface area (Å²) in [6.45, 7) is 0. The topological polar surface area (TPSA) is 130 Å². The summed E-state index contributed by atoms with van der Waals surface area (Å²) in [5, 5.41) is 12.9.